The molecule has 2 aliphatic rings. The predicted molar refractivity (Wildman–Crippen MR) is 88.6 cm³/mol. The maximum Gasteiger partial charge on any atom is 0.243 e. The minimum Gasteiger partial charge on any atom is -0.379 e. The minimum absolute atomic E-state index is 0.0964. The van der Waals surface area contributed by atoms with E-state index in [1.165, 1.54) is 22.5 Å². The van der Waals surface area contributed by atoms with E-state index in [4.69, 9.17) is 21.1 Å². The molecule has 24 heavy (non-hydrogen) atoms. The van der Waals surface area contributed by atoms with Crippen molar-refractivity contribution in [1.82, 2.24) is 4.31 Å². The van der Waals surface area contributed by atoms with E-state index in [9.17, 15) is 13.2 Å². The lowest BCUT2D eigenvalue weighted by Crippen LogP contribution is -2.49. The molecule has 7 nitrogen and oxygen atoms in total. The Hall–Kier alpha value is -1.19. The van der Waals surface area contributed by atoms with Crippen molar-refractivity contribution in [3.63, 3.8) is 0 Å². The molecule has 3 rings (SSSR count). The summed E-state index contributed by atoms with van der Waals surface area (Å²) in [6, 6.07) is 4.31. The van der Waals surface area contributed by atoms with Crippen molar-refractivity contribution in [3.8, 4) is 0 Å². The van der Waals surface area contributed by atoms with Crippen LogP contribution in [0.2, 0.25) is 5.02 Å². The molecular weight excluding hydrogens is 356 g/mol. The zero-order valence-electron chi connectivity index (χ0n) is 13.2. The Labute approximate surface area is 145 Å². The number of benzene rings is 1. The molecule has 2 aliphatic heterocycles. The lowest BCUT2D eigenvalue weighted by molar-refractivity contribution is -0.151. The molecule has 2 heterocycles. The quantitative estimate of drug-likeness (QED) is 0.859. The third-order valence-electron chi connectivity index (χ3n) is 4.18. The molecule has 0 radical (unpaired) electrons. The first kappa shape index (κ1) is 17.6. The van der Waals surface area contributed by atoms with Crippen molar-refractivity contribution in [2.24, 2.45) is 5.41 Å². The number of halogens is 1. The lowest BCUT2D eigenvalue weighted by atomic mass is 9.87. The third-order valence-corrected chi connectivity index (χ3v) is 6.41. The van der Waals surface area contributed by atoms with Gasteiger partial charge < -0.3 is 14.8 Å². The Morgan fingerprint density at radius 1 is 1.25 bits per heavy atom. The van der Waals surface area contributed by atoms with Crippen LogP contribution < -0.4 is 5.32 Å². The van der Waals surface area contributed by atoms with Crippen molar-refractivity contribution < 1.29 is 22.7 Å². The second-order valence-electron chi connectivity index (χ2n) is 6.17. The number of carbonyl (C=O) groups excluding carboxylic acids is 1. The Kier molecular flexibility index (Phi) is 4.85. The second-order valence-corrected chi connectivity index (χ2v) is 8.51. The molecule has 0 saturated carbocycles. The van der Waals surface area contributed by atoms with E-state index in [2.05, 4.69) is 5.32 Å². The van der Waals surface area contributed by atoms with Crippen molar-refractivity contribution in [2.45, 2.75) is 11.8 Å². The average molecular weight is 375 g/mol. The third kappa shape index (κ3) is 3.29. The average Bonchev–Trinajstić information content (AvgIpc) is 2.55. The van der Waals surface area contributed by atoms with Gasteiger partial charge in [0, 0.05) is 13.1 Å². The summed E-state index contributed by atoms with van der Waals surface area (Å²) in [6.45, 7) is 3.81. The van der Waals surface area contributed by atoms with E-state index < -0.39 is 15.4 Å². The van der Waals surface area contributed by atoms with E-state index in [1.54, 1.807) is 6.92 Å². The maximum atomic E-state index is 12.7. The summed E-state index contributed by atoms with van der Waals surface area (Å²) in [4.78, 5) is 12.4. The highest BCUT2D eigenvalue weighted by Crippen LogP contribution is 2.32. The van der Waals surface area contributed by atoms with Crippen LogP contribution in [0.5, 0.6) is 0 Å². The van der Waals surface area contributed by atoms with Gasteiger partial charge in [-0.05, 0) is 25.1 Å². The number of carbonyl (C=O) groups is 1. The van der Waals surface area contributed by atoms with Crippen molar-refractivity contribution >= 4 is 33.2 Å². The number of nitrogens with zero attached hydrogens (tertiary/aromatic N) is 1. The van der Waals surface area contributed by atoms with E-state index in [-0.39, 0.29) is 21.5 Å². The first-order chi connectivity index (χ1) is 11.3. The molecule has 0 spiro atoms. The topological polar surface area (TPSA) is 84.9 Å². The molecule has 132 valence electrons. The Morgan fingerprint density at radius 2 is 1.92 bits per heavy atom. The first-order valence-corrected chi connectivity index (χ1v) is 9.41. The fourth-order valence-electron chi connectivity index (χ4n) is 2.51. The van der Waals surface area contributed by atoms with Gasteiger partial charge in [-0.15, -0.1) is 0 Å². The molecule has 0 aliphatic carbocycles. The van der Waals surface area contributed by atoms with Crippen LogP contribution in [-0.4, -0.2) is 58.1 Å². The predicted octanol–water partition coefficient (Wildman–Crippen LogP) is 1.34. The van der Waals surface area contributed by atoms with Crippen molar-refractivity contribution in [1.29, 1.82) is 0 Å². The van der Waals surface area contributed by atoms with Gasteiger partial charge in [0.05, 0.1) is 47.4 Å². The molecule has 1 aromatic rings. The molecule has 0 atom stereocenters. The Balaban J connectivity index is 1.84. The van der Waals surface area contributed by atoms with Gasteiger partial charge in [-0.1, -0.05) is 11.6 Å². The summed E-state index contributed by atoms with van der Waals surface area (Å²) >= 11 is 6.11. The summed E-state index contributed by atoms with van der Waals surface area (Å²) in [5, 5.41) is 2.99. The summed E-state index contributed by atoms with van der Waals surface area (Å²) in [6.07, 6.45) is 0. The van der Waals surface area contributed by atoms with Crippen LogP contribution in [0.4, 0.5) is 5.69 Å². The zero-order chi connectivity index (χ0) is 17.4. The van der Waals surface area contributed by atoms with E-state index in [1.807, 2.05) is 0 Å². The second kappa shape index (κ2) is 6.61. The standard InChI is InChI=1S/C15H19ClN2O5S/c1-15(9-23-10-15)14(19)17-13-8-11(2-3-12(13)16)24(20,21)18-4-6-22-7-5-18/h2-3,8H,4-7,9-10H2,1H3,(H,17,19). The summed E-state index contributed by atoms with van der Waals surface area (Å²) in [5.41, 5.74) is -0.327. The van der Waals surface area contributed by atoms with Crippen LogP contribution in [0.25, 0.3) is 0 Å². The van der Waals surface area contributed by atoms with E-state index >= 15 is 0 Å². The summed E-state index contributed by atoms with van der Waals surface area (Å²) < 4.78 is 37.0. The van der Waals surface area contributed by atoms with Crippen molar-refractivity contribution in [3.05, 3.63) is 23.2 Å². The number of ether oxygens (including phenoxy) is 2. The lowest BCUT2D eigenvalue weighted by Gasteiger charge is -2.36. The van der Waals surface area contributed by atoms with E-state index in [0.717, 1.165) is 0 Å². The summed E-state index contributed by atoms with van der Waals surface area (Å²) in [7, 11) is -3.65. The zero-order valence-corrected chi connectivity index (χ0v) is 14.8. The highest BCUT2D eigenvalue weighted by Gasteiger charge is 2.41. The van der Waals surface area contributed by atoms with Gasteiger partial charge in [0.2, 0.25) is 15.9 Å². The van der Waals surface area contributed by atoms with Gasteiger partial charge in [-0.2, -0.15) is 4.31 Å². The molecule has 1 N–H and O–H groups in total. The smallest absolute Gasteiger partial charge is 0.243 e. The number of nitrogens with one attached hydrogen (secondary N) is 1. The highest BCUT2D eigenvalue weighted by molar-refractivity contribution is 7.89. The number of sulfonamides is 1. The number of anilines is 1. The number of morpholine rings is 1. The largest absolute Gasteiger partial charge is 0.379 e. The minimum atomic E-state index is -3.65. The van der Waals surface area contributed by atoms with Crippen LogP contribution in [0.15, 0.2) is 23.1 Å². The number of hydrogen-bond acceptors (Lipinski definition) is 5. The molecule has 9 heteroatoms. The monoisotopic (exact) mass is 374 g/mol. The summed E-state index contributed by atoms with van der Waals surface area (Å²) in [5.74, 6) is -0.239. The Morgan fingerprint density at radius 3 is 2.50 bits per heavy atom. The molecule has 2 fully saturated rings. The maximum absolute atomic E-state index is 12.7. The van der Waals surface area contributed by atoms with E-state index in [0.29, 0.717) is 39.5 Å². The molecule has 2 saturated heterocycles. The van der Waals surface area contributed by atoms with Crippen LogP contribution in [0.3, 0.4) is 0 Å². The van der Waals surface area contributed by atoms with Gasteiger partial charge in [0.25, 0.3) is 0 Å². The van der Waals surface area contributed by atoms with Crippen LogP contribution in [-0.2, 0) is 24.3 Å². The number of rotatable bonds is 4. The molecule has 0 aromatic heterocycles. The van der Waals surface area contributed by atoms with Gasteiger partial charge >= 0.3 is 0 Å². The van der Waals surface area contributed by atoms with Crippen LogP contribution in [0, 0.1) is 5.41 Å². The fourth-order valence-corrected chi connectivity index (χ4v) is 4.11. The highest BCUT2D eigenvalue weighted by atomic mass is 35.5. The SMILES string of the molecule is CC1(C(=O)Nc2cc(S(=O)(=O)N3CCOCC3)ccc2Cl)COC1. The molecule has 0 bridgehead atoms. The normalized spacial score (nSPS) is 21.1. The molecule has 0 unspecified atom stereocenters. The van der Waals surface area contributed by atoms with Crippen LogP contribution in [0.1, 0.15) is 6.92 Å². The van der Waals surface area contributed by atoms with Crippen molar-refractivity contribution in [2.75, 3.05) is 44.8 Å². The van der Waals surface area contributed by atoms with Gasteiger partial charge in [0.1, 0.15) is 0 Å². The van der Waals surface area contributed by atoms with Gasteiger partial charge in [-0.3, -0.25) is 4.79 Å². The molecule has 1 amide bonds. The Bertz CT molecular complexity index is 742. The molecular formula is C15H19ClN2O5S. The van der Waals surface area contributed by atoms with Gasteiger partial charge in [-0.25, -0.2) is 8.42 Å². The van der Waals surface area contributed by atoms with Gasteiger partial charge in [0.15, 0.2) is 0 Å². The number of hydrogen-bond donors (Lipinski definition) is 1. The first-order valence-electron chi connectivity index (χ1n) is 7.60. The molecule has 1 aromatic carbocycles. The number of amides is 1. The fraction of sp³-hybridized carbons (Fsp3) is 0.533. The van der Waals surface area contributed by atoms with Crippen LogP contribution >= 0.6 is 11.6 Å².